The zero-order valence-electron chi connectivity index (χ0n) is 11.2. The summed E-state index contributed by atoms with van der Waals surface area (Å²) in [6.07, 6.45) is 1.63. The van der Waals surface area contributed by atoms with E-state index in [1.807, 2.05) is 6.07 Å². The molecule has 1 aromatic heterocycles. The fourth-order valence-electron chi connectivity index (χ4n) is 2.51. The Balaban J connectivity index is 2.07. The molecule has 2 aromatic rings. The minimum atomic E-state index is -1.47. The average molecular weight is 273 g/mol. The first-order valence-corrected chi connectivity index (χ1v) is 6.62. The first-order valence-electron chi connectivity index (χ1n) is 6.62. The molecule has 2 heterocycles. The van der Waals surface area contributed by atoms with E-state index < -0.39 is 7.12 Å². The van der Waals surface area contributed by atoms with Crippen molar-refractivity contribution in [1.29, 1.82) is 0 Å². The van der Waals surface area contributed by atoms with Crippen LogP contribution < -0.4 is 10.4 Å². The van der Waals surface area contributed by atoms with Crippen molar-refractivity contribution in [3.8, 4) is 0 Å². The monoisotopic (exact) mass is 273 g/mol. The second-order valence-corrected chi connectivity index (χ2v) is 5.01. The van der Waals surface area contributed by atoms with Crippen LogP contribution in [0.4, 0.5) is 5.82 Å². The van der Waals surface area contributed by atoms with Gasteiger partial charge < -0.3 is 19.7 Å². The Morgan fingerprint density at radius 2 is 2.25 bits per heavy atom. The summed E-state index contributed by atoms with van der Waals surface area (Å²) in [6, 6.07) is 5.52. The molecule has 1 saturated heterocycles. The molecule has 0 radical (unpaired) electrons. The highest BCUT2D eigenvalue weighted by atomic mass is 16.5. The van der Waals surface area contributed by atoms with E-state index in [-0.39, 0.29) is 6.04 Å². The molecule has 6 nitrogen and oxygen atoms in total. The highest BCUT2D eigenvalue weighted by Gasteiger charge is 2.22. The number of rotatable bonds is 2. The number of aromatic nitrogens is 2. The van der Waals surface area contributed by atoms with Gasteiger partial charge in [0.05, 0.1) is 25.5 Å². The molecule has 1 atom stereocenters. The van der Waals surface area contributed by atoms with Crippen molar-refractivity contribution < 1.29 is 14.8 Å². The van der Waals surface area contributed by atoms with Gasteiger partial charge in [-0.25, -0.2) is 0 Å². The summed E-state index contributed by atoms with van der Waals surface area (Å²) < 4.78 is 5.44. The number of nitrogens with zero attached hydrogens (tertiary/aromatic N) is 3. The normalized spacial score (nSPS) is 19.4. The highest BCUT2D eigenvalue weighted by molar-refractivity contribution is 6.58. The molecule has 0 amide bonds. The largest absolute Gasteiger partial charge is 0.488 e. The number of hydrogen-bond acceptors (Lipinski definition) is 6. The van der Waals surface area contributed by atoms with Crippen LogP contribution in [0.2, 0.25) is 0 Å². The molecule has 0 spiro atoms. The third-order valence-electron chi connectivity index (χ3n) is 3.60. The van der Waals surface area contributed by atoms with Crippen LogP contribution in [-0.4, -0.2) is 53.2 Å². The first-order chi connectivity index (χ1) is 9.66. The number of anilines is 1. The van der Waals surface area contributed by atoms with Crippen LogP contribution in [0.15, 0.2) is 24.4 Å². The minimum Gasteiger partial charge on any atom is -0.423 e. The van der Waals surface area contributed by atoms with E-state index in [1.165, 1.54) is 0 Å². The van der Waals surface area contributed by atoms with Crippen LogP contribution in [-0.2, 0) is 4.74 Å². The van der Waals surface area contributed by atoms with Crippen molar-refractivity contribution in [2.75, 3.05) is 24.7 Å². The summed E-state index contributed by atoms with van der Waals surface area (Å²) in [6.45, 7) is 4.21. The Labute approximate surface area is 117 Å². The zero-order chi connectivity index (χ0) is 14.1. The van der Waals surface area contributed by atoms with E-state index in [9.17, 15) is 10.0 Å². The van der Waals surface area contributed by atoms with Gasteiger partial charge in [0.15, 0.2) is 5.82 Å². The Kier molecular flexibility index (Phi) is 3.56. The summed E-state index contributed by atoms with van der Waals surface area (Å²) in [5, 5.41) is 28.6. The lowest BCUT2D eigenvalue weighted by Crippen LogP contribution is -2.44. The van der Waals surface area contributed by atoms with Gasteiger partial charge in [0.1, 0.15) is 0 Å². The van der Waals surface area contributed by atoms with Crippen LogP contribution in [0, 0.1) is 0 Å². The van der Waals surface area contributed by atoms with Crippen LogP contribution in [0.3, 0.4) is 0 Å². The second-order valence-electron chi connectivity index (χ2n) is 5.01. The van der Waals surface area contributed by atoms with Gasteiger partial charge in [0.2, 0.25) is 0 Å². The Morgan fingerprint density at radius 3 is 3.00 bits per heavy atom. The minimum absolute atomic E-state index is 0.242. The molecule has 1 aliphatic heterocycles. The van der Waals surface area contributed by atoms with Crippen LogP contribution in [0.5, 0.6) is 0 Å². The summed E-state index contributed by atoms with van der Waals surface area (Å²) in [4.78, 5) is 2.17. The summed E-state index contributed by atoms with van der Waals surface area (Å²) in [5.41, 5.74) is 0.450. The van der Waals surface area contributed by atoms with Gasteiger partial charge >= 0.3 is 7.12 Å². The van der Waals surface area contributed by atoms with E-state index in [4.69, 9.17) is 4.74 Å². The molecule has 2 N–H and O–H groups in total. The molecule has 1 fully saturated rings. The lowest BCUT2D eigenvalue weighted by atomic mass is 9.79. The van der Waals surface area contributed by atoms with Crippen LogP contribution in [0.1, 0.15) is 6.92 Å². The zero-order valence-corrected chi connectivity index (χ0v) is 11.2. The van der Waals surface area contributed by atoms with Crippen molar-refractivity contribution in [2.45, 2.75) is 13.0 Å². The molecular weight excluding hydrogens is 257 g/mol. The topological polar surface area (TPSA) is 78.7 Å². The van der Waals surface area contributed by atoms with Gasteiger partial charge in [-0.1, -0.05) is 18.2 Å². The molecule has 1 aromatic carbocycles. The molecule has 0 saturated carbocycles. The van der Waals surface area contributed by atoms with Gasteiger partial charge in [-0.15, -0.1) is 5.10 Å². The Hall–Kier alpha value is -1.70. The van der Waals surface area contributed by atoms with Crippen molar-refractivity contribution in [3.05, 3.63) is 24.4 Å². The van der Waals surface area contributed by atoms with Gasteiger partial charge in [0, 0.05) is 17.3 Å². The second kappa shape index (κ2) is 5.36. The Bertz CT molecular complexity index is 623. The van der Waals surface area contributed by atoms with E-state index >= 15 is 0 Å². The molecule has 3 rings (SSSR count). The van der Waals surface area contributed by atoms with E-state index in [2.05, 4.69) is 22.0 Å². The predicted molar refractivity (Wildman–Crippen MR) is 77.0 cm³/mol. The summed E-state index contributed by atoms with van der Waals surface area (Å²) in [5.74, 6) is 0.817. The Morgan fingerprint density at radius 1 is 1.40 bits per heavy atom. The maximum absolute atomic E-state index is 9.24. The third-order valence-corrected chi connectivity index (χ3v) is 3.60. The quantitative estimate of drug-likeness (QED) is 0.720. The molecule has 1 aliphatic rings. The predicted octanol–water partition coefficient (Wildman–Crippen LogP) is -0.465. The molecule has 7 heteroatoms. The van der Waals surface area contributed by atoms with Crippen molar-refractivity contribution in [2.24, 2.45) is 0 Å². The fraction of sp³-hybridized carbons (Fsp3) is 0.385. The molecule has 20 heavy (non-hydrogen) atoms. The van der Waals surface area contributed by atoms with Crippen molar-refractivity contribution >= 4 is 29.2 Å². The molecule has 0 aliphatic carbocycles. The molecule has 0 unspecified atom stereocenters. The van der Waals surface area contributed by atoms with E-state index in [0.29, 0.717) is 18.7 Å². The number of fused-ring (bicyclic) bond motifs is 1. The van der Waals surface area contributed by atoms with Gasteiger partial charge in [-0.05, 0) is 12.4 Å². The average Bonchev–Trinajstić information content (AvgIpc) is 2.46. The summed E-state index contributed by atoms with van der Waals surface area (Å²) in [7, 11) is -1.47. The van der Waals surface area contributed by atoms with Crippen LogP contribution in [0.25, 0.3) is 10.8 Å². The maximum atomic E-state index is 9.24. The van der Waals surface area contributed by atoms with Gasteiger partial charge in [-0.3, -0.25) is 0 Å². The summed E-state index contributed by atoms with van der Waals surface area (Å²) >= 11 is 0. The number of benzene rings is 1. The number of ether oxygens (including phenoxy) is 1. The molecule has 104 valence electrons. The molecule has 0 bridgehead atoms. The lowest BCUT2D eigenvalue weighted by Gasteiger charge is -2.34. The maximum Gasteiger partial charge on any atom is 0.488 e. The highest BCUT2D eigenvalue weighted by Crippen LogP contribution is 2.25. The van der Waals surface area contributed by atoms with E-state index in [0.717, 1.165) is 23.1 Å². The van der Waals surface area contributed by atoms with Crippen LogP contribution >= 0.6 is 0 Å². The standard InChI is InChI=1S/C13H16BN3O3/c1-9-8-20-5-4-17(9)13-12-3-2-11(14(18)19)6-10(12)7-15-16-13/h2-3,6-7,9,18-19H,4-5,8H2,1H3/t9-/m0/s1. The smallest absolute Gasteiger partial charge is 0.423 e. The molecular formula is C13H16BN3O3. The first kappa shape index (κ1) is 13.3. The van der Waals surface area contributed by atoms with Gasteiger partial charge in [-0.2, -0.15) is 5.10 Å². The van der Waals surface area contributed by atoms with Crippen molar-refractivity contribution in [3.63, 3.8) is 0 Å². The third kappa shape index (κ3) is 2.35. The number of morpholine rings is 1. The lowest BCUT2D eigenvalue weighted by molar-refractivity contribution is 0.0986. The van der Waals surface area contributed by atoms with Gasteiger partial charge in [0.25, 0.3) is 0 Å². The number of hydrogen-bond donors (Lipinski definition) is 2. The van der Waals surface area contributed by atoms with Crippen molar-refractivity contribution in [1.82, 2.24) is 10.2 Å². The fourth-order valence-corrected chi connectivity index (χ4v) is 2.51. The van der Waals surface area contributed by atoms with E-state index in [1.54, 1.807) is 18.3 Å². The SMILES string of the molecule is C[C@H]1COCCN1c1nncc2cc(B(O)O)ccc12.